The summed E-state index contributed by atoms with van der Waals surface area (Å²) < 4.78 is 31.7. The largest absolute Gasteiger partial charge is 0.500 e. The van der Waals surface area contributed by atoms with Gasteiger partial charge in [0, 0.05) is 73.9 Å². The fourth-order valence-corrected chi connectivity index (χ4v) is 6.05. The van der Waals surface area contributed by atoms with E-state index in [-0.39, 0.29) is 6.04 Å². The van der Waals surface area contributed by atoms with Gasteiger partial charge in [-0.25, -0.2) is 0 Å². The lowest BCUT2D eigenvalue weighted by Crippen LogP contribution is -2.44. The molecule has 28 heavy (non-hydrogen) atoms. The van der Waals surface area contributed by atoms with Gasteiger partial charge in [-0.15, -0.1) is 0 Å². The van der Waals surface area contributed by atoms with E-state index >= 15 is 0 Å². The van der Waals surface area contributed by atoms with Gasteiger partial charge in [0.05, 0.1) is 0 Å². The van der Waals surface area contributed by atoms with Gasteiger partial charge in [0.15, 0.2) is 0 Å². The van der Waals surface area contributed by atoms with Gasteiger partial charge in [-0.2, -0.15) is 0 Å². The van der Waals surface area contributed by atoms with Crippen molar-refractivity contribution < 1.29 is 26.6 Å². The predicted octanol–water partition coefficient (Wildman–Crippen LogP) is -0.266. The lowest BCUT2D eigenvalue weighted by atomic mass is 10.2. The highest BCUT2D eigenvalue weighted by atomic mass is 28.4. The highest BCUT2D eigenvalue weighted by Crippen LogP contribution is 2.16. The maximum Gasteiger partial charge on any atom is 0.500 e. The summed E-state index contributed by atoms with van der Waals surface area (Å²) in [5.74, 6) is 0. The van der Waals surface area contributed by atoms with Crippen LogP contribution < -0.4 is 22.5 Å². The summed E-state index contributed by atoms with van der Waals surface area (Å²) in [6, 6.07) is 1.67. The molecule has 0 saturated heterocycles. The Hall–Kier alpha value is 0.0338. The second-order valence-electron chi connectivity index (χ2n) is 6.11. The zero-order valence-corrected chi connectivity index (χ0v) is 20.6. The van der Waals surface area contributed by atoms with Crippen molar-refractivity contribution >= 4 is 17.6 Å². The van der Waals surface area contributed by atoms with Gasteiger partial charge in [0.1, 0.15) is 0 Å². The van der Waals surface area contributed by atoms with E-state index in [2.05, 4.69) is 5.32 Å². The first kappa shape index (κ1) is 30.2. The molecule has 0 amide bonds. The third-order valence-corrected chi connectivity index (χ3v) is 9.98. The Balaban J connectivity index is 0. The average Bonchev–Trinajstić information content (AvgIpc) is 2.73. The standard InChI is InChI=1S/2C8H22N2O3Si/c1-11-14(12-2,13-3)8-4-6-10-7-5-9;1-11-14(12-2,13-3)7-5-8(10)4-6-9/h10H,4-9H2,1-3H3;8H,4-7,9-10H2,1-3H3. The maximum atomic E-state index is 5.83. The van der Waals surface area contributed by atoms with Crippen LogP contribution in [0, 0.1) is 0 Å². The van der Waals surface area contributed by atoms with Gasteiger partial charge >= 0.3 is 17.6 Å². The molecule has 1 unspecified atom stereocenters. The Morgan fingerprint density at radius 3 is 1.54 bits per heavy atom. The second-order valence-corrected chi connectivity index (χ2v) is 12.3. The zero-order chi connectivity index (χ0) is 21.9. The van der Waals surface area contributed by atoms with Crippen molar-refractivity contribution in [2.24, 2.45) is 17.2 Å². The van der Waals surface area contributed by atoms with Crippen molar-refractivity contribution in [3.63, 3.8) is 0 Å². The van der Waals surface area contributed by atoms with Gasteiger partial charge in [0.2, 0.25) is 0 Å². The minimum absolute atomic E-state index is 0.104. The van der Waals surface area contributed by atoms with Gasteiger partial charge in [-0.3, -0.25) is 0 Å². The molecular weight excluding hydrogens is 400 g/mol. The molecule has 0 aromatic carbocycles. The summed E-state index contributed by atoms with van der Waals surface area (Å²) in [7, 11) is 4.93. The third-order valence-electron chi connectivity index (χ3n) is 4.38. The summed E-state index contributed by atoms with van der Waals surface area (Å²) in [5, 5.41) is 3.21. The Morgan fingerprint density at radius 2 is 1.14 bits per heavy atom. The van der Waals surface area contributed by atoms with E-state index in [1.54, 1.807) is 42.7 Å². The van der Waals surface area contributed by atoms with Gasteiger partial charge in [-0.1, -0.05) is 0 Å². The summed E-state index contributed by atoms with van der Waals surface area (Å²) in [5.41, 5.74) is 16.6. The normalized spacial score (nSPS) is 13.2. The molecule has 0 rings (SSSR count). The quantitative estimate of drug-likeness (QED) is 0.175. The van der Waals surface area contributed by atoms with Crippen LogP contribution >= 0.6 is 0 Å². The van der Waals surface area contributed by atoms with Gasteiger partial charge < -0.3 is 49.1 Å². The monoisotopic (exact) mass is 444 g/mol. The highest BCUT2D eigenvalue weighted by molar-refractivity contribution is 6.60. The van der Waals surface area contributed by atoms with Gasteiger partial charge in [0.25, 0.3) is 0 Å². The van der Waals surface area contributed by atoms with E-state index < -0.39 is 17.6 Å². The van der Waals surface area contributed by atoms with Crippen LogP contribution in [0.15, 0.2) is 0 Å². The van der Waals surface area contributed by atoms with Crippen molar-refractivity contribution in [1.29, 1.82) is 0 Å². The summed E-state index contributed by atoms with van der Waals surface area (Å²) in [4.78, 5) is 0. The van der Waals surface area contributed by atoms with E-state index in [1.807, 2.05) is 0 Å². The Morgan fingerprint density at radius 1 is 0.679 bits per heavy atom. The Labute approximate surface area is 173 Å². The fraction of sp³-hybridized carbons (Fsp3) is 1.00. The smallest absolute Gasteiger partial charge is 0.377 e. The molecule has 0 aliphatic heterocycles. The molecule has 0 aromatic rings. The number of rotatable bonds is 17. The maximum absolute atomic E-state index is 5.83. The Kier molecular flexibility index (Phi) is 20.5. The molecule has 10 nitrogen and oxygen atoms in total. The lowest BCUT2D eigenvalue weighted by Gasteiger charge is -2.25. The molecule has 12 heteroatoms. The van der Waals surface area contributed by atoms with Crippen LogP contribution in [0.25, 0.3) is 0 Å². The topological polar surface area (TPSA) is 145 Å². The number of hydrogen-bond donors (Lipinski definition) is 4. The number of nitrogens with one attached hydrogen (secondary N) is 1. The molecule has 0 aromatic heterocycles. The molecule has 0 radical (unpaired) electrons. The molecule has 0 spiro atoms. The van der Waals surface area contributed by atoms with E-state index in [1.165, 1.54) is 0 Å². The van der Waals surface area contributed by atoms with Crippen LogP contribution in [0.4, 0.5) is 0 Å². The molecule has 0 saturated carbocycles. The molecule has 0 aliphatic rings. The van der Waals surface area contributed by atoms with Crippen molar-refractivity contribution in [3.8, 4) is 0 Å². The first-order valence-corrected chi connectivity index (χ1v) is 13.4. The van der Waals surface area contributed by atoms with Crippen LogP contribution in [0.5, 0.6) is 0 Å². The van der Waals surface area contributed by atoms with Crippen molar-refractivity contribution in [3.05, 3.63) is 0 Å². The molecule has 7 N–H and O–H groups in total. The third kappa shape index (κ3) is 13.3. The van der Waals surface area contributed by atoms with Crippen molar-refractivity contribution in [1.82, 2.24) is 5.32 Å². The summed E-state index contributed by atoms with van der Waals surface area (Å²) >= 11 is 0. The first-order valence-electron chi connectivity index (χ1n) is 9.55. The van der Waals surface area contributed by atoms with E-state index in [0.29, 0.717) is 13.1 Å². The van der Waals surface area contributed by atoms with Crippen LogP contribution in [0.1, 0.15) is 19.3 Å². The molecule has 0 fully saturated rings. The van der Waals surface area contributed by atoms with Crippen LogP contribution in [0.2, 0.25) is 12.1 Å². The van der Waals surface area contributed by atoms with E-state index in [9.17, 15) is 0 Å². The zero-order valence-electron chi connectivity index (χ0n) is 18.6. The molecule has 0 bridgehead atoms. The van der Waals surface area contributed by atoms with Gasteiger partial charge in [-0.05, 0) is 32.4 Å². The average molecular weight is 445 g/mol. The second kappa shape index (κ2) is 19.0. The SMILES string of the molecule is CO[Si](CCC(N)CCN)(OC)OC.CO[Si](CCCNCCN)(OC)OC. The van der Waals surface area contributed by atoms with Crippen LogP contribution in [-0.4, -0.2) is 92.5 Å². The minimum atomic E-state index is -2.43. The number of nitrogens with two attached hydrogens (primary N) is 3. The van der Waals surface area contributed by atoms with Crippen LogP contribution in [0.3, 0.4) is 0 Å². The molecule has 0 aliphatic carbocycles. The van der Waals surface area contributed by atoms with E-state index in [4.69, 9.17) is 43.8 Å². The Bertz CT molecular complexity index is 324. The van der Waals surface area contributed by atoms with Crippen molar-refractivity contribution in [2.75, 3.05) is 68.8 Å². The fourth-order valence-electron chi connectivity index (χ4n) is 2.49. The molecule has 172 valence electrons. The first-order chi connectivity index (χ1) is 13.4. The molecule has 0 heterocycles. The predicted molar refractivity (Wildman–Crippen MR) is 116 cm³/mol. The highest BCUT2D eigenvalue weighted by Gasteiger charge is 2.37. The summed E-state index contributed by atoms with van der Waals surface area (Å²) in [6.07, 6.45) is 2.61. The molecule has 1 atom stereocenters. The summed E-state index contributed by atoms with van der Waals surface area (Å²) in [6.45, 7) is 3.05. The lowest BCUT2D eigenvalue weighted by molar-refractivity contribution is 0.122. The van der Waals surface area contributed by atoms with Crippen molar-refractivity contribution in [2.45, 2.75) is 37.4 Å². The number of hydrogen-bond acceptors (Lipinski definition) is 10. The minimum Gasteiger partial charge on any atom is -0.377 e. The molecular formula is C16H44N4O6Si2. The van der Waals surface area contributed by atoms with Crippen LogP contribution in [-0.2, 0) is 26.6 Å². The van der Waals surface area contributed by atoms with E-state index in [0.717, 1.165) is 44.4 Å².